The highest BCUT2D eigenvalue weighted by molar-refractivity contribution is 7.14. The van der Waals surface area contributed by atoms with Crippen molar-refractivity contribution in [1.29, 1.82) is 0 Å². The number of carbonyl (C=O) groups is 1. The maximum absolute atomic E-state index is 12.5. The van der Waals surface area contributed by atoms with E-state index in [1.165, 1.54) is 11.3 Å². The normalized spacial score (nSPS) is 12.0. The third kappa shape index (κ3) is 3.59. The van der Waals surface area contributed by atoms with Gasteiger partial charge in [0.15, 0.2) is 5.13 Å². The van der Waals surface area contributed by atoms with Gasteiger partial charge in [-0.25, -0.2) is 4.98 Å². The molecule has 0 fully saturated rings. The Balaban J connectivity index is 1.76. The van der Waals surface area contributed by atoms with Crippen molar-refractivity contribution in [3.05, 3.63) is 45.6 Å². The fourth-order valence-electron chi connectivity index (χ4n) is 2.74. The van der Waals surface area contributed by atoms with Gasteiger partial charge >= 0.3 is 0 Å². The number of aromatic nitrogens is 2. The molecule has 0 radical (unpaired) electrons. The molecule has 1 N–H and O–H groups in total. The van der Waals surface area contributed by atoms with Gasteiger partial charge in [0, 0.05) is 16.5 Å². The van der Waals surface area contributed by atoms with Crippen LogP contribution in [0.1, 0.15) is 29.9 Å². The standard InChI is InChI=1S/C18H18ClN3O3S/c1-9(16-10(2)22-25-11(16)3)17(23)21-18-20-14(8-26-18)12-5-6-15(24-4)13(19)7-12/h5-9H,1-4H3,(H,20,21,23). The number of nitrogens with one attached hydrogen (secondary N) is 1. The van der Waals surface area contributed by atoms with E-state index in [1.807, 2.05) is 25.3 Å². The molecule has 1 unspecified atom stereocenters. The molecular weight excluding hydrogens is 374 g/mol. The number of halogens is 1. The average Bonchev–Trinajstić information content (AvgIpc) is 3.21. The van der Waals surface area contributed by atoms with Crippen LogP contribution < -0.4 is 10.1 Å². The Labute approximate surface area is 160 Å². The minimum Gasteiger partial charge on any atom is -0.495 e. The van der Waals surface area contributed by atoms with Crippen molar-refractivity contribution >= 4 is 34.0 Å². The van der Waals surface area contributed by atoms with Crippen LogP contribution in [0.4, 0.5) is 5.13 Å². The Morgan fingerprint density at radius 3 is 2.77 bits per heavy atom. The molecule has 6 nitrogen and oxygen atoms in total. The van der Waals surface area contributed by atoms with E-state index in [9.17, 15) is 4.79 Å². The van der Waals surface area contributed by atoms with Crippen molar-refractivity contribution in [1.82, 2.24) is 10.1 Å². The number of hydrogen-bond donors (Lipinski definition) is 1. The van der Waals surface area contributed by atoms with Crippen molar-refractivity contribution in [2.45, 2.75) is 26.7 Å². The molecule has 0 bridgehead atoms. The van der Waals surface area contributed by atoms with E-state index >= 15 is 0 Å². The van der Waals surface area contributed by atoms with Crippen molar-refractivity contribution in [3.63, 3.8) is 0 Å². The molecule has 0 saturated carbocycles. The van der Waals surface area contributed by atoms with E-state index in [1.54, 1.807) is 26.2 Å². The van der Waals surface area contributed by atoms with E-state index in [2.05, 4.69) is 15.5 Å². The van der Waals surface area contributed by atoms with Crippen LogP contribution >= 0.6 is 22.9 Å². The number of carbonyl (C=O) groups excluding carboxylic acids is 1. The minimum atomic E-state index is -0.385. The molecule has 1 aromatic carbocycles. The first-order valence-electron chi connectivity index (χ1n) is 7.93. The van der Waals surface area contributed by atoms with Gasteiger partial charge in [0.2, 0.25) is 5.91 Å². The van der Waals surface area contributed by atoms with Crippen molar-refractivity contribution in [2.75, 3.05) is 12.4 Å². The number of methoxy groups -OCH3 is 1. The van der Waals surface area contributed by atoms with Crippen molar-refractivity contribution in [2.24, 2.45) is 0 Å². The summed E-state index contributed by atoms with van der Waals surface area (Å²) >= 11 is 7.52. The molecule has 2 aromatic heterocycles. The number of nitrogens with zero attached hydrogens (tertiary/aromatic N) is 2. The zero-order chi connectivity index (χ0) is 18.8. The summed E-state index contributed by atoms with van der Waals surface area (Å²) in [4.78, 5) is 17.0. The molecule has 0 aliphatic rings. The second-order valence-electron chi connectivity index (χ2n) is 5.84. The Morgan fingerprint density at radius 2 is 2.15 bits per heavy atom. The maximum Gasteiger partial charge on any atom is 0.233 e. The Kier molecular flexibility index (Phi) is 5.29. The molecule has 0 aliphatic carbocycles. The summed E-state index contributed by atoms with van der Waals surface area (Å²) in [6.07, 6.45) is 0. The minimum absolute atomic E-state index is 0.159. The topological polar surface area (TPSA) is 77.2 Å². The molecule has 0 aliphatic heterocycles. The van der Waals surface area contributed by atoms with Crippen molar-refractivity contribution in [3.8, 4) is 17.0 Å². The van der Waals surface area contributed by atoms with Gasteiger partial charge in [0.05, 0.1) is 29.4 Å². The highest BCUT2D eigenvalue weighted by Crippen LogP contribution is 2.32. The number of hydrogen-bond acceptors (Lipinski definition) is 6. The van der Waals surface area contributed by atoms with E-state index in [0.717, 1.165) is 22.5 Å². The molecule has 1 amide bonds. The van der Waals surface area contributed by atoms with Crippen LogP contribution in [0.25, 0.3) is 11.3 Å². The van der Waals surface area contributed by atoms with Crippen LogP contribution in [0.15, 0.2) is 28.1 Å². The van der Waals surface area contributed by atoms with Crippen molar-refractivity contribution < 1.29 is 14.1 Å². The molecule has 0 saturated heterocycles. The molecule has 136 valence electrons. The second-order valence-corrected chi connectivity index (χ2v) is 7.10. The Bertz CT molecular complexity index is 932. The fourth-order valence-corrected chi connectivity index (χ4v) is 3.72. The summed E-state index contributed by atoms with van der Waals surface area (Å²) in [5.41, 5.74) is 3.12. The van der Waals surface area contributed by atoms with Gasteiger partial charge in [-0.3, -0.25) is 4.79 Å². The zero-order valence-corrected chi connectivity index (χ0v) is 16.4. The van der Waals surface area contributed by atoms with Crippen LogP contribution in [-0.4, -0.2) is 23.2 Å². The lowest BCUT2D eigenvalue weighted by molar-refractivity contribution is -0.117. The van der Waals surface area contributed by atoms with E-state index in [0.29, 0.717) is 21.7 Å². The van der Waals surface area contributed by atoms with E-state index < -0.39 is 0 Å². The molecule has 2 heterocycles. The fraction of sp³-hybridized carbons (Fsp3) is 0.278. The molecular formula is C18H18ClN3O3S. The van der Waals surface area contributed by atoms with Crippen LogP contribution in [0.3, 0.4) is 0 Å². The smallest absolute Gasteiger partial charge is 0.233 e. The van der Waals surface area contributed by atoms with Gasteiger partial charge in [-0.15, -0.1) is 11.3 Å². The molecule has 26 heavy (non-hydrogen) atoms. The van der Waals surface area contributed by atoms with Gasteiger partial charge in [-0.1, -0.05) is 16.8 Å². The Hall–Kier alpha value is -2.38. The lowest BCUT2D eigenvalue weighted by Gasteiger charge is -2.10. The number of aryl methyl sites for hydroxylation is 2. The van der Waals surface area contributed by atoms with Gasteiger partial charge in [-0.05, 0) is 39.0 Å². The highest BCUT2D eigenvalue weighted by atomic mass is 35.5. The lowest BCUT2D eigenvalue weighted by Crippen LogP contribution is -2.19. The van der Waals surface area contributed by atoms with Crippen LogP contribution in [0.2, 0.25) is 5.02 Å². The lowest BCUT2D eigenvalue weighted by atomic mass is 9.99. The average molecular weight is 392 g/mol. The predicted molar refractivity (Wildman–Crippen MR) is 102 cm³/mol. The first-order chi connectivity index (χ1) is 12.4. The summed E-state index contributed by atoms with van der Waals surface area (Å²) < 4.78 is 10.3. The van der Waals surface area contributed by atoms with E-state index in [4.69, 9.17) is 20.9 Å². The third-order valence-corrected chi connectivity index (χ3v) is 5.15. The summed E-state index contributed by atoms with van der Waals surface area (Å²) in [5.74, 6) is 0.711. The number of amides is 1. The molecule has 3 aromatic rings. The largest absolute Gasteiger partial charge is 0.495 e. The first kappa shape index (κ1) is 18.4. The number of rotatable bonds is 5. The number of ether oxygens (including phenoxy) is 1. The maximum atomic E-state index is 12.5. The summed E-state index contributed by atoms with van der Waals surface area (Å²) in [7, 11) is 1.57. The van der Waals surface area contributed by atoms with E-state index in [-0.39, 0.29) is 11.8 Å². The molecule has 8 heteroatoms. The summed E-state index contributed by atoms with van der Waals surface area (Å²) in [5, 5.41) is 9.66. The van der Waals surface area contributed by atoms with Crippen LogP contribution in [0.5, 0.6) is 5.75 Å². The highest BCUT2D eigenvalue weighted by Gasteiger charge is 2.23. The molecule has 1 atom stereocenters. The Morgan fingerprint density at radius 1 is 1.38 bits per heavy atom. The molecule has 0 spiro atoms. The van der Waals surface area contributed by atoms with Gasteiger partial charge in [0.1, 0.15) is 11.5 Å². The zero-order valence-electron chi connectivity index (χ0n) is 14.8. The number of anilines is 1. The quantitative estimate of drug-likeness (QED) is 0.674. The SMILES string of the molecule is COc1ccc(-c2csc(NC(=O)C(C)c3c(C)noc3C)n2)cc1Cl. The third-order valence-electron chi connectivity index (χ3n) is 4.10. The monoisotopic (exact) mass is 391 g/mol. The molecule has 3 rings (SSSR count). The predicted octanol–water partition coefficient (Wildman–Crippen LogP) is 4.82. The number of thiazole rings is 1. The first-order valence-corrected chi connectivity index (χ1v) is 9.19. The second kappa shape index (κ2) is 7.47. The summed E-state index contributed by atoms with van der Waals surface area (Å²) in [6.45, 7) is 5.44. The number of benzene rings is 1. The summed E-state index contributed by atoms with van der Waals surface area (Å²) in [6, 6.07) is 5.44. The van der Waals surface area contributed by atoms with Crippen LogP contribution in [0, 0.1) is 13.8 Å². The van der Waals surface area contributed by atoms with Gasteiger partial charge in [-0.2, -0.15) is 0 Å². The van der Waals surface area contributed by atoms with Gasteiger partial charge < -0.3 is 14.6 Å². The van der Waals surface area contributed by atoms with Gasteiger partial charge in [0.25, 0.3) is 0 Å². The van der Waals surface area contributed by atoms with Crippen LogP contribution in [-0.2, 0) is 4.79 Å².